The Balaban J connectivity index is 2.70. The number of halogens is 1. The van der Waals surface area contributed by atoms with Gasteiger partial charge in [0.05, 0.1) is 7.11 Å². The van der Waals surface area contributed by atoms with Gasteiger partial charge in [-0.15, -0.1) is 0 Å². The zero-order valence-electron chi connectivity index (χ0n) is 10.4. The largest absolute Gasteiger partial charge is 0.468 e. The van der Waals surface area contributed by atoms with Gasteiger partial charge >= 0.3 is 5.97 Å². The second-order valence-corrected chi connectivity index (χ2v) is 4.36. The fourth-order valence-electron chi connectivity index (χ4n) is 1.67. The van der Waals surface area contributed by atoms with Crippen LogP contribution in [-0.2, 0) is 9.53 Å². The molecule has 0 saturated carbocycles. The van der Waals surface area contributed by atoms with Crippen LogP contribution in [0.25, 0.3) is 0 Å². The quantitative estimate of drug-likeness (QED) is 0.822. The van der Waals surface area contributed by atoms with E-state index in [1.807, 2.05) is 38.1 Å². The Morgan fingerprint density at radius 3 is 2.76 bits per heavy atom. The van der Waals surface area contributed by atoms with E-state index in [1.165, 1.54) is 7.11 Å². The van der Waals surface area contributed by atoms with Gasteiger partial charge in [-0.2, -0.15) is 0 Å². The van der Waals surface area contributed by atoms with Crippen LogP contribution in [0.1, 0.15) is 31.9 Å². The number of hydrogen-bond donors (Lipinski definition) is 1. The molecule has 4 heteroatoms. The molecule has 1 aromatic carbocycles. The summed E-state index contributed by atoms with van der Waals surface area (Å²) in [6, 6.07) is 7.37. The minimum Gasteiger partial charge on any atom is -0.468 e. The van der Waals surface area contributed by atoms with Gasteiger partial charge in [0.1, 0.15) is 6.04 Å². The monoisotopic (exact) mass is 255 g/mol. The van der Waals surface area contributed by atoms with E-state index < -0.39 is 0 Å². The zero-order valence-corrected chi connectivity index (χ0v) is 11.1. The first-order valence-corrected chi connectivity index (χ1v) is 6.05. The van der Waals surface area contributed by atoms with Crippen molar-refractivity contribution >= 4 is 17.6 Å². The van der Waals surface area contributed by atoms with Crippen LogP contribution < -0.4 is 5.32 Å². The Labute approximate surface area is 107 Å². The Morgan fingerprint density at radius 2 is 2.24 bits per heavy atom. The summed E-state index contributed by atoms with van der Waals surface area (Å²) >= 11 is 5.93. The summed E-state index contributed by atoms with van der Waals surface area (Å²) in [4.78, 5) is 11.5. The van der Waals surface area contributed by atoms with E-state index in [2.05, 4.69) is 5.32 Å². The van der Waals surface area contributed by atoms with E-state index in [4.69, 9.17) is 16.3 Å². The number of ether oxygens (including phenoxy) is 1. The highest BCUT2D eigenvalue weighted by atomic mass is 35.5. The highest BCUT2D eigenvalue weighted by Crippen LogP contribution is 2.18. The molecule has 0 fully saturated rings. The summed E-state index contributed by atoms with van der Waals surface area (Å²) in [7, 11) is 1.40. The molecule has 2 unspecified atom stereocenters. The molecule has 0 amide bonds. The number of carbonyl (C=O) groups is 1. The lowest BCUT2D eigenvalue weighted by Gasteiger charge is -2.20. The van der Waals surface area contributed by atoms with Gasteiger partial charge in [-0.3, -0.25) is 10.1 Å². The number of benzene rings is 1. The third-order valence-electron chi connectivity index (χ3n) is 2.69. The molecule has 0 bridgehead atoms. The van der Waals surface area contributed by atoms with Crippen molar-refractivity contribution in [3.8, 4) is 0 Å². The number of nitrogens with one attached hydrogen (secondary N) is 1. The number of carbonyl (C=O) groups excluding carboxylic acids is 1. The molecule has 1 rings (SSSR count). The first-order chi connectivity index (χ1) is 8.08. The van der Waals surface area contributed by atoms with E-state index in [1.54, 1.807) is 0 Å². The van der Waals surface area contributed by atoms with Crippen molar-refractivity contribution in [2.75, 3.05) is 7.11 Å². The molecule has 0 aliphatic carbocycles. The third-order valence-corrected chi connectivity index (χ3v) is 2.93. The average molecular weight is 256 g/mol. The normalized spacial score (nSPS) is 14.1. The van der Waals surface area contributed by atoms with Crippen LogP contribution in [0.5, 0.6) is 0 Å². The van der Waals surface area contributed by atoms with E-state index in [9.17, 15) is 4.79 Å². The van der Waals surface area contributed by atoms with Crippen molar-refractivity contribution in [3.05, 3.63) is 34.9 Å². The standard InChI is InChI=1S/C13H18ClNO2/c1-4-12(13(16)17-3)15-9(2)10-6-5-7-11(14)8-10/h5-9,12,15H,4H2,1-3H3. The lowest BCUT2D eigenvalue weighted by molar-refractivity contribution is -0.143. The molecule has 0 aromatic heterocycles. The summed E-state index contributed by atoms with van der Waals surface area (Å²) in [5.74, 6) is -0.235. The predicted molar refractivity (Wildman–Crippen MR) is 69.1 cm³/mol. The van der Waals surface area contributed by atoms with Crippen molar-refractivity contribution < 1.29 is 9.53 Å². The molecule has 0 spiro atoms. The molecule has 0 radical (unpaired) electrons. The number of esters is 1. The molecular formula is C13H18ClNO2. The molecule has 2 atom stereocenters. The van der Waals surface area contributed by atoms with Crippen LogP contribution in [0.4, 0.5) is 0 Å². The molecule has 1 aromatic rings. The lowest BCUT2D eigenvalue weighted by Crippen LogP contribution is -2.38. The average Bonchev–Trinajstić information content (AvgIpc) is 2.34. The minimum absolute atomic E-state index is 0.0535. The maximum atomic E-state index is 11.5. The van der Waals surface area contributed by atoms with Crippen LogP contribution in [-0.4, -0.2) is 19.1 Å². The van der Waals surface area contributed by atoms with Gasteiger partial charge in [0, 0.05) is 11.1 Å². The number of methoxy groups -OCH3 is 1. The van der Waals surface area contributed by atoms with Crippen LogP contribution in [0.15, 0.2) is 24.3 Å². The highest BCUT2D eigenvalue weighted by Gasteiger charge is 2.19. The topological polar surface area (TPSA) is 38.3 Å². The van der Waals surface area contributed by atoms with Gasteiger partial charge in [0.25, 0.3) is 0 Å². The molecule has 94 valence electrons. The van der Waals surface area contributed by atoms with Crippen molar-refractivity contribution in [2.45, 2.75) is 32.4 Å². The molecule has 1 N–H and O–H groups in total. The Kier molecular flexibility index (Phi) is 5.45. The third kappa shape index (κ3) is 4.02. The van der Waals surface area contributed by atoms with Crippen molar-refractivity contribution in [1.29, 1.82) is 0 Å². The van der Waals surface area contributed by atoms with Gasteiger partial charge in [0.2, 0.25) is 0 Å². The second-order valence-electron chi connectivity index (χ2n) is 3.93. The van der Waals surface area contributed by atoms with Crippen molar-refractivity contribution in [2.24, 2.45) is 0 Å². The second kappa shape index (κ2) is 6.62. The fourth-order valence-corrected chi connectivity index (χ4v) is 1.87. The SMILES string of the molecule is CCC(NC(C)c1cccc(Cl)c1)C(=O)OC. The van der Waals surface area contributed by atoms with E-state index >= 15 is 0 Å². The maximum Gasteiger partial charge on any atom is 0.322 e. The van der Waals surface area contributed by atoms with Crippen LogP contribution in [0.3, 0.4) is 0 Å². The summed E-state index contributed by atoms with van der Waals surface area (Å²) in [5, 5.41) is 3.92. The molecule has 0 saturated heterocycles. The summed E-state index contributed by atoms with van der Waals surface area (Å²) in [6.45, 7) is 3.94. The lowest BCUT2D eigenvalue weighted by atomic mass is 10.1. The molecule has 0 aliphatic rings. The Morgan fingerprint density at radius 1 is 1.53 bits per heavy atom. The molecule has 3 nitrogen and oxygen atoms in total. The van der Waals surface area contributed by atoms with Crippen LogP contribution in [0.2, 0.25) is 5.02 Å². The van der Waals surface area contributed by atoms with Gasteiger partial charge in [-0.1, -0.05) is 30.7 Å². The van der Waals surface area contributed by atoms with Crippen molar-refractivity contribution in [1.82, 2.24) is 5.32 Å². The van der Waals surface area contributed by atoms with Gasteiger partial charge in [-0.05, 0) is 31.0 Å². The van der Waals surface area contributed by atoms with Crippen molar-refractivity contribution in [3.63, 3.8) is 0 Å². The first-order valence-electron chi connectivity index (χ1n) is 5.67. The maximum absolute atomic E-state index is 11.5. The Bertz CT molecular complexity index is 381. The highest BCUT2D eigenvalue weighted by molar-refractivity contribution is 6.30. The molecule has 17 heavy (non-hydrogen) atoms. The van der Waals surface area contributed by atoms with Crippen LogP contribution >= 0.6 is 11.6 Å². The van der Waals surface area contributed by atoms with Gasteiger partial charge < -0.3 is 4.74 Å². The minimum atomic E-state index is -0.283. The zero-order chi connectivity index (χ0) is 12.8. The van der Waals surface area contributed by atoms with Gasteiger partial charge in [0.15, 0.2) is 0 Å². The van der Waals surface area contributed by atoms with E-state index in [0.717, 1.165) is 5.56 Å². The smallest absolute Gasteiger partial charge is 0.322 e. The van der Waals surface area contributed by atoms with Crippen LogP contribution in [0, 0.1) is 0 Å². The van der Waals surface area contributed by atoms with E-state index in [0.29, 0.717) is 11.4 Å². The summed E-state index contributed by atoms with van der Waals surface area (Å²) in [6.07, 6.45) is 0.692. The summed E-state index contributed by atoms with van der Waals surface area (Å²) < 4.78 is 4.74. The van der Waals surface area contributed by atoms with E-state index in [-0.39, 0.29) is 18.1 Å². The first kappa shape index (κ1) is 14.0. The van der Waals surface area contributed by atoms with Gasteiger partial charge in [-0.25, -0.2) is 0 Å². The Hall–Kier alpha value is -1.06. The molecule has 0 aliphatic heterocycles. The fraction of sp³-hybridized carbons (Fsp3) is 0.462. The number of hydrogen-bond acceptors (Lipinski definition) is 3. The molecular weight excluding hydrogens is 238 g/mol. The molecule has 0 heterocycles. The summed E-state index contributed by atoms with van der Waals surface area (Å²) in [5.41, 5.74) is 1.06. The predicted octanol–water partition coefficient (Wildman–Crippen LogP) is 2.94. The number of rotatable bonds is 5.